The molecule has 0 saturated heterocycles. The van der Waals surface area contributed by atoms with Gasteiger partial charge in [-0.15, -0.1) is 0 Å². The fourth-order valence-electron chi connectivity index (χ4n) is 1.63. The molecular weight excluding hydrogens is 204 g/mol. The van der Waals surface area contributed by atoms with Gasteiger partial charge in [0.25, 0.3) is 0 Å². The van der Waals surface area contributed by atoms with E-state index in [0.717, 1.165) is 19.4 Å². The highest BCUT2D eigenvalue weighted by Gasteiger charge is 2.10. The van der Waals surface area contributed by atoms with Gasteiger partial charge in [-0.05, 0) is 45.7 Å². The van der Waals surface area contributed by atoms with Crippen LogP contribution in [0.1, 0.15) is 52.9 Å². The van der Waals surface area contributed by atoms with Crippen LogP contribution in [0.3, 0.4) is 0 Å². The summed E-state index contributed by atoms with van der Waals surface area (Å²) in [4.78, 5) is 3.21. The van der Waals surface area contributed by atoms with Crippen LogP contribution in [-0.2, 0) is 0 Å². The first kappa shape index (κ1) is 14.8. The lowest BCUT2D eigenvalue weighted by Gasteiger charge is -2.28. The third kappa shape index (κ3) is 7.74. The van der Waals surface area contributed by atoms with Gasteiger partial charge in [-0.25, -0.2) is 0 Å². The Hall–Kier alpha value is -0.150. The van der Waals surface area contributed by atoms with E-state index in [1.807, 2.05) is 0 Å². The van der Waals surface area contributed by atoms with Gasteiger partial charge in [0.05, 0.1) is 4.99 Å². The molecule has 0 aromatic heterocycles. The van der Waals surface area contributed by atoms with Crippen LogP contribution in [0, 0.1) is 0 Å². The van der Waals surface area contributed by atoms with E-state index < -0.39 is 0 Å². The first-order valence-electron chi connectivity index (χ1n) is 6.14. The molecule has 0 aliphatic heterocycles. The van der Waals surface area contributed by atoms with Crippen LogP contribution in [0.5, 0.6) is 0 Å². The Bertz CT molecular complexity index is 171. The maximum absolute atomic E-state index is 5.50. The van der Waals surface area contributed by atoms with E-state index in [2.05, 4.69) is 25.7 Å². The summed E-state index contributed by atoms with van der Waals surface area (Å²) >= 11 is 4.89. The molecule has 0 aliphatic rings. The van der Waals surface area contributed by atoms with Crippen LogP contribution in [0.15, 0.2) is 0 Å². The van der Waals surface area contributed by atoms with Gasteiger partial charge in [0.2, 0.25) is 0 Å². The molecule has 0 aromatic carbocycles. The number of hydrogen-bond donors (Lipinski definition) is 1. The predicted octanol–water partition coefficient (Wildman–Crippen LogP) is 2.95. The summed E-state index contributed by atoms with van der Waals surface area (Å²) in [6.45, 7) is 9.13. The van der Waals surface area contributed by atoms with Crippen molar-refractivity contribution in [1.82, 2.24) is 4.90 Å². The maximum atomic E-state index is 5.50. The molecule has 0 radical (unpaired) electrons. The van der Waals surface area contributed by atoms with E-state index in [9.17, 15) is 0 Å². The van der Waals surface area contributed by atoms with Crippen LogP contribution in [-0.4, -0.2) is 29.0 Å². The highest BCUT2D eigenvalue weighted by atomic mass is 32.1. The Balaban J connectivity index is 3.84. The van der Waals surface area contributed by atoms with E-state index >= 15 is 0 Å². The molecule has 0 aromatic rings. The summed E-state index contributed by atoms with van der Waals surface area (Å²) in [5, 5.41) is 0. The van der Waals surface area contributed by atoms with Crippen molar-refractivity contribution in [3.05, 3.63) is 0 Å². The second-order valence-electron chi connectivity index (χ2n) is 4.22. The van der Waals surface area contributed by atoms with Crippen molar-refractivity contribution >= 4 is 17.2 Å². The molecule has 0 rings (SSSR count). The molecular formula is C12H26N2S. The first-order valence-corrected chi connectivity index (χ1v) is 6.55. The second-order valence-corrected chi connectivity index (χ2v) is 4.74. The van der Waals surface area contributed by atoms with Crippen molar-refractivity contribution in [3.63, 3.8) is 0 Å². The number of nitrogens with two attached hydrogens (primary N) is 1. The molecule has 0 saturated carbocycles. The fraction of sp³-hybridized carbons (Fsp3) is 0.917. The molecule has 0 fully saturated rings. The molecule has 1 unspecified atom stereocenters. The number of nitrogens with zero attached hydrogens (tertiary/aromatic N) is 1. The third-order valence-corrected chi connectivity index (χ3v) is 3.09. The van der Waals surface area contributed by atoms with E-state index in [0.29, 0.717) is 11.0 Å². The molecule has 15 heavy (non-hydrogen) atoms. The van der Waals surface area contributed by atoms with Gasteiger partial charge in [0.15, 0.2) is 0 Å². The highest BCUT2D eigenvalue weighted by molar-refractivity contribution is 7.80. The topological polar surface area (TPSA) is 29.3 Å². The van der Waals surface area contributed by atoms with Crippen molar-refractivity contribution in [2.24, 2.45) is 5.73 Å². The van der Waals surface area contributed by atoms with Gasteiger partial charge in [0, 0.05) is 6.04 Å². The second kappa shape index (κ2) is 9.10. The lowest BCUT2D eigenvalue weighted by atomic mass is 10.1. The zero-order valence-corrected chi connectivity index (χ0v) is 11.3. The minimum absolute atomic E-state index is 0.648. The summed E-state index contributed by atoms with van der Waals surface area (Å²) in [5.41, 5.74) is 5.50. The fourth-order valence-corrected chi connectivity index (χ4v) is 1.77. The molecule has 2 N–H and O–H groups in total. The van der Waals surface area contributed by atoms with Crippen LogP contribution in [0.2, 0.25) is 0 Å². The summed E-state index contributed by atoms with van der Waals surface area (Å²) < 4.78 is 0. The normalized spacial score (nSPS) is 13.1. The van der Waals surface area contributed by atoms with Crippen molar-refractivity contribution in [2.45, 2.75) is 58.9 Å². The van der Waals surface area contributed by atoms with Gasteiger partial charge >= 0.3 is 0 Å². The van der Waals surface area contributed by atoms with Crippen LogP contribution in [0.25, 0.3) is 0 Å². The molecule has 0 heterocycles. The van der Waals surface area contributed by atoms with E-state index in [4.69, 9.17) is 18.0 Å². The highest BCUT2D eigenvalue weighted by Crippen LogP contribution is 2.07. The summed E-state index contributed by atoms with van der Waals surface area (Å²) in [5.74, 6) is 0. The lowest BCUT2D eigenvalue weighted by molar-refractivity contribution is 0.200. The molecule has 0 spiro atoms. The molecule has 0 amide bonds. The van der Waals surface area contributed by atoms with Crippen LogP contribution in [0.4, 0.5) is 0 Å². The molecule has 3 heteroatoms. The number of hydrogen-bond acceptors (Lipinski definition) is 2. The lowest BCUT2D eigenvalue weighted by Crippen LogP contribution is -2.34. The van der Waals surface area contributed by atoms with Crippen molar-refractivity contribution in [1.29, 1.82) is 0 Å². The first-order chi connectivity index (χ1) is 7.11. The van der Waals surface area contributed by atoms with E-state index in [1.165, 1.54) is 25.8 Å². The van der Waals surface area contributed by atoms with Gasteiger partial charge in [-0.3, -0.25) is 0 Å². The van der Waals surface area contributed by atoms with E-state index in [-0.39, 0.29) is 0 Å². The summed E-state index contributed by atoms with van der Waals surface area (Å²) in [6, 6.07) is 0.683. The molecule has 2 nitrogen and oxygen atoms in total. The number of unbranched alkanes of at least 4 members (excludes halogenated alkanes) is 1. The van der Waals surface area contributed by atoms with Crippen LogP contribution < -0.4 is 5.73 Å². The Kier molecular flexibility index (Phi) is 9.01. The summed E-state index contributed by atoms with van der Waals surface area (Å²) in [7, 11) is 0. The smallest absolute Gasteiger partial charge is 0.0727 e. The average Bonchev–Trinajstić information content (AvgIpc) is 2.21. The molecule has 0 aliphatic carbocycles. The predicted molar refractivity (Wildman–Crippen MR) is 72.3 cm³/mol. The largest absolute Gasteiger partial charge is 0.393 e. The minimum atomic E-state index is 0.648. The quantitative estimate of drug-likeness (QED) is 0.618. The SMILES string of the molecule is CCCCN(CCCC(N)=S)C(C)CC. The summed E-state index contributed by atoms with van der Waals surface area (Å²) in [6.07, 6.45) is 5.76. The standard InChI is InChI=1S/C12H26N2S/c1-4-6-9-14(11(3)5-2)10-7-8-12(13)15/h11H,4-10H2,1-3H3,(H2,13,15). The Morgan fingerprint density at radius 2 is 1.87 bits per heavy atom. The monoisotopic (exact) mass is 230 g/mol. The zero-order chi connectivity index (χ0) is 11.7. The minimum Gasteiger partial charge on any atom is -0.393 e. The van der Waals surface area contributed by atoms with Crippen molar-refractivity contribution in [3.8, 4) is 0 Å². The van der Waals surface area contributed by atoms with Crippen molar-refractivity contribution < 1.29 is 0 Å². The van der Waals surface area contributed by atoms with Gasteiger partial charge in [-0.1, -0.05) is 32.5 Å². The number of rotatable bonds is 9. The van der Waals surface area contributed by atoms with Gasteiger partial charge in [-0.2, -0.15) is 0 Å². The molecule has 0 bridgehead atoms. The van der Waals surface area contributed by atoms with Crippen molar-refractivity contribution in [2.75, 3.05) is 13.1 Å². The average molecular weight is 230 g/mol. The zero-order valence-electron chi connectivity index (χ0n) is 10.5. The maximum Gasteiger partial charge on any atom is 0.0727 e. The van der Waals surface area contributed by atoms with E-state index in [1.54, 1.807) is 0 Å². The Labute approximate surface area is 100 Å². The number of thiocarbonyl (C=S) groups is 1. The Morgan fingerprint density at radius 3 is 2.33 bits per heavy atom. The molecule has 90 valence electrons. The Morgan fingerprint density at radius 1 is 1.27 bits per heavy atom. The van der Waals surface area contributed by atoms with Gasteiger partial charge in [0.1, 0.15) is 0 Å². The van der Waals surface area contributed by atoms with Gasteiger partial charge < -0.3 is 10.6 Å². The third-order valence-electron chi connectivity index (χ3n) is 2.88. The van der Waals surface area contributed by atoms with Crippen LogP contribution >= 0.6 is 12.2 Å². The molecule has 1 atom stereocenters.